The molecule has 2 nitrogen and oxygen atoms in total. The average Bonchev–Trinajstić information content (AvgIpc) is 1.90. The fraction of sp³-hybridized carbons (Fsp3) is 0. The molecule has 0 bridgehead atoms. The van der Waals surface area contributed by atoms with E-state index >= 15 is 0 Å². The summed E-state index contributed by atoms with van der Waals surface area (Å²) in [6.07, 6.45) is 0. The summed E-state index contributed by atoms with van der Waals surface area (Å²) in [5, 5.41) is 8.13. The summed E-state index contributed by atoms with van der Waals surface area (Å²) in [5.74, 6) is 0.468. The molecule has 3 heteroatoms. The summed E-state index contributed by atoms with van der Waals surface area (Å²) in [6.45, 7) is 0. The highest BCUT2D eigenvalue weighted by atomic mass is 127. The molecule has 0 saturated carbocycles. The van der Waals surface area contributed by atoms with Crippen molar-refractivity contribution in [1.82, 2.24) is 0 Å². The zero-order valence-electron chi connectivity index (χ0n) is 4.54. The topological polar surface area (TPSA) is 29.5 Å². The fourth-order valence-corrected chi connectivity index (χ4v) is 0.855. The highest BCUT2D eigenvalue weighted by Crippen LogP contribution is 2.11. The van der Waals surface area contributed by atoms with Crippen LogP contribution >= 0.6 is 22.6 Å². The molecule has 0 aromatic heterocycles. The molecule has 1 N–H and O–H groups in total. The molecule has 48 valence electrons. The SMILES string of the molecule is OOc1ccc(I)cc1. The van der Waals surface area contributed by atoms with E-state index in [1.54, 1.807) is 12.1 Å². The molecular weight excluding hydrogens is 231 g/mol. The van der Waals surface area contributed by atoms with Crippen LogP contribution in [0.2, 0.25) is 0 Å². The Kier molecular flexibility index (Phi) is 2.29. The first-order valence-electron chi connectivity index (χ1n) is 2.40. The Morgan fingerprint density at radius 1 is 1.22 bits per heavy atom. The Morgan fingerprint density at radius 3 is 2.22 bits per heavy atom. The van der Waals surface area contributed by atoms with Gasteiger partial charge in [0.15, 0.2) is 5.75 Å². The van der Waals surface area contributed by atoms with Gasteiger partial charge < -0.3 is 4.89 Å². The van der Waals surface area contributed by atoms with Crippen LogP contribution in [-0.4, -0.2) is 5.26 Å². The van der Waals surface area contributed by atoms with Gasteiger partial charge in [-0.25, -0.2) is 5.26 Å². The second-order valence-corrected chi connectivity index (χ2v) is 2.79. The minimum Gasteiger partial charge on any atom is -0.340 e. The van der Waals surface area contributed by atoms with Crippen molar-refractivity contribution in [3.63, 3.8) is 0 Å². The largest absolute Gasteiger partial charge is 0.340 e. The zero-order valence-corrected chi connectivity index (χ0v) is 6.70. The minimum absolute atomic E-state index is 0.468. The number of hydrogen-bond acceptors (Lipinski definition) is 2. The lowest BCUT2D eigenvalue weighted by Crippen LogP contribution is -1.81. The number of rotatable bonds is 1. The van der Waals surface area contributed by atoms with Crippen LogP contribution in [0.15, 0.2) is 24.3 Å². The molecule has 9 heavy (non-hydrogen) atoms. The van der Waals surface area contributed by atoms with Crippen molar-refractivity contribution < 1.29 is 10.1 Å². The second-order valence-electron chi connectivity index (χ2n) is 1.55. The van der Waals surface area contributed by atoms with Gasteiger partial charge in [-0.1, -0.05) is 0 Å². The maximum absolute atomic E-state index is 8.13. The van der Waals surface area contributed by atoms with Gasteiger partial charge in [0.25, 0.3) is 0 Å². The predicted molar refractivity (Wildman–Crippen MR) is 42.4 cm³/mol. The first kappa shape index (κ1) is 6.82. The Labute approximate surface area is 66.5 Å². The van der Waals surface area contributed by atoms with E-state index in [9.17, 15) is 0 Å². The van der Waals surface area contributed by atoms with Crippen LogP contribution in [0.4, 0.5) is 0 Å². The van der Waals surface area contributed by atoms with Gasteiger partial charge >= 0.3 is 0 Å². The summed E-state index contributed by atoms with van der Waals surface area (Å²) in [4.78, 5) is 3.97. The molecule has 0 radical (unpaired) electrons. The molecule has 1 aromatic rings. The van der Waals surface area contributed by atoms with Crippen molar-refractivity contribution in [3.05, 3.63) is 27.8 Å². The van der Waals surface area contributed by atoms with Crippen molar-refractivity contribution in [3.8, 4) is 5.75 Å². The highest BCUT2D eigenvalue weighted by molar-refractivity contribution is 14.1. The molecular formula is C6H5IO2. The first-order valence-corrected chi connectivity index (χ1v) is 3.48. The van der Waals surface area contributed by atoms with E-state index < -0.39 is 0 Å². The smallest absolute Gasteiger partial charge is 0.165 e. The molecule has 0 aliphatic rings. The minimum atomic E-state index is 0.468. The third kappa shape index (κ3) is 1.83. The Morgan fingerprint density at radius 2 is 1.78 bits per heavy atom. The summed E-state index contributed by atoms with van der Waals surface area (Å²) < 4.78 is 1.12. The molecule has 0 spiro atoms. The van der Waals surface area contributed by atoms with Crippen molar-refractivity contribution in [2.45, 2.75) is 0 Å². The van der Waals surface area contributed by atoms with Crippen molar-refractivity contribution in [2.24, 2.45) is 0 Å². The summed E-state index contributed by atoms with van der Waals surface area (Å²) in [5.41, 5.74) is 0. The summed E-state index contributed by atoms with van der Waals surface area (Å²) in [7, 11) is 0. The van der Waals surface area contributed by atoms with Gasteiger partial charge in [0.1, 0.15) is 0 Å². The van der Waals surface area contributed by atoms with Crippen molar-refractivity contribution >= 4 is 22.6 Å². The van der Waals surface area contributed by atoms with Gasteiger partial charge in [0.05, 0.1) is 0 Å². The average molecular weight is 236 g/mol. The molecule has 0 aliphatic heterocycles. The quantitative estimate of drug-likeness (QED) is 0.459. The van der Waals surface area contributed by atoms with Gasteiger partial charge in [0, 0.05) is 3.57 Å². The fourth-order valence-electron chi connectivity index (χ4n) is 0.495. The summed E-state index contributed by atoms with van der Waals surface area (Å²) in [6, 6.07) is 7.10. The van der Waals surface area contributed by atoms with Gasteiger partial charge in [-0.3, -0.25) is 0 Å². The lowest BCUT2D eigenvalue weighted by molar-refractivity contribution is -0.137. The van der Waals surface area contributed by atoms with Crippen molar-refractivity contribution in [1.29, 1.82) is 0 Å². The van der Waals surface area contributed by atoms with E-state index in [0.29, 0.717) is 5.75 Å². The molecule has 0 atom stereocenters. The lowest BCUT2D eigenvalue weighted by Gasteiger charge is -1.93. The molecule has 0 aliphatic carbocycles. The molecule has 0 unspecified atom stereocenters. The number of hydrogen-bond donors (Lipinski definition) is 1. The van der Waals surface area contributed by atoms with Gasteiger partial charge in [-0.15, -0.1) is 0 Å². The third-order valence-corrected chi connectivity index (χ3v) is 1.64. The van der Waals surface area contributed by atoms with Gasteiger partial charge in [0.2, 0.25) is 0 Å². The maximum Gasteiger partial charge on any atom is 0.165 e. The monoisotopic (exact) mass is 236 g/mol. The van der Waals surface area contributed by atoms with E-state index in [4.69, 9.17) is 5.26 Å². The van der Waals surface area contributed by atoms with E-state index in [1.165, 1.54) is 0 Å². The summed E-state index contributed by atoms with van der Waals surface area (Å²) >= 11 is 2.18. The second kappa shape index (κ2) is 3.03. The molecule has 0 heterocycles. The van der Waals surface area contributed by atoms with Crippen LogP contribution in [0, 0.1) is 3.57 Å². The van der Waals surface area contributed by atoms with Crippen LogP contribution in [0.1, 0.15) is 0 Å². The molecule has 0 fully saturated rings. The molecule has 0 saturated heterocycles. The predicted octanol–water partition coefficient (Wildman–Crippen LogP) is 2.14. The number of halogens is 1. The van der Waals surface area contributed by atoms with E-state index in [-0.39, 0.29) is 0 Å². The van der Waals surface area contributed by atoms with E-state index in [2.05, 4.69) is 27.5 Å². The molecule has 1 aromatic carbocycles. The molecule has 1 rings (SSSR count). The van der Waals surface area contributed by atoms with E-state index in [1.807, 2.05) is 12.1 Å². The van der Waals surface area contributed by atoms with Crippen molar-refractivity contribution in [2.75, 3.05) is 0 Å². The third-order valence-electron chi connectivity index (χ3n) is 0.919. The number of benzene rings is 1. The van der Waals surface area contributed by atoms with Crippen LogP contribution in [0.3, 0.4) is 0 Å². The first-order chi connectivity index (χ1) is 4.33. The highest BCUT2D eigenvalue weighted by Gasteiger charge is 1.88. The normalized spacial score (nSPS) is 9.11. The van der Waals surface area contributed by atoms with Crippen LogP contribution in [0.5, 0.6) is 5.75 Å². The van der Waals surface area contributed by atoms with Gasteiger partial charge in [-0.05, 0) is 46.9 Å². The lowest BCUT2D eigenvalue weighted by atomic mass is 10.3. The Bertz CT molecular complexity index is 183. The van der Waals surface area contributed by atoms with Crippen LogP contribution in [0.25, 0.3) is 0 Å². The maximum atomic E-state index is 8.13. The zero-order chi connectivity index (χ0) is 6.69. The standard InChI is InChI=1S/C6H5IO2/c7-5-1-3-6(9-8)4-2-5/h1-4,8H. The van der Waals surface area contributed by atoms with E-state index in [0.717, 1.165) is 3.57 Å². The Balaban J connectivity index is 2.88. The molecule has 0 amide bonds. The Hall–Kier alpha value is -0.290. The van der Waals surface area contributed by atoms with Gasteiger partial charge in [-0.2, -0.15) is 0 Å². The van der Waals surface area contributed by atoms with Crippen LogP contribution < -0.4 is 4.89 Å². The van der Waals surface area contributed by atoms with Crippen LogP contribution in [-0.2, 0) is 0 Å².